The molecular formula is C20H28FN3O3. The van der Waals surface area contributed by atoms with Crippen LogP contribution in [0, 0.1) is 5.82 Å². The van der Waals surface area contributed by atoms with Crippen LogP contribution < -0.4 is 0 Å². The Labute approximate surface area is 159 Å². The summed E-state index contributed by atoms with van der Waals surface area (Å²) in [7, 11) is 0. The molecule has 0 bridgehead atoms. The number of nitrogens with zero attached hydrogens (tertiary/aromatic N) is 3. The molecule has 2 amide bonds. The minimum absolute atomic E-state index is 0.127. The summed E-state index contributed by atoms with van der Waals surface area (Å²) in [6.07, 6.45) is 0.906. The summed E-state index contributed by atoms with van der Waals surface area (Å²) >= 11 is 0. The van der Waals surface area contributed by atoms with E-state index in [-0.39, 0.29) is 17.3 Å². The van der Waals surface area contributed by atoms with E-state index in [1.165, 1.54) is 6.07 Å². The molecule has 3 saturated heterocycles. The normalized spacial score (nSPS) is 27.1. The highest BCUT2D eigenvalue weighted by molar-refractivity contribution is 5.74. The number of piperazine rings is 1. The van der Waals surface area contributed by atoms with E-state index in [1.54, 1.807) is 12.1 Å². The number of benzene rings is 1. The number of carbonyl (C=O) groups is 1. The Balaban J connectivity index is 1.37. The average molecular weight is 377 g/mol. The van der Waals surface area contributed by atoms with Gasteiger partial charge in [-0.25, -0.2) is 9.18 Å². The highest BCUT2D eigenvalue weighted by atomic mass is 19.1. The number of rotatable bonds is 3. The zero-order chi connectivity index (χ0) is 18.7. The van der Waals surface area contributed by atoms with Gasteiger partial charge in [-0.2, -0.15) is 0 Å². The Morgan fingerprint density at radius 2 is 1.74 bits per heavy atom. The third-order valence-electron chi connectivity index (χ3n) is 5.99. The summed E-state index contributed by atoms with van der Waals surface area (Å²) < 4.78 is 24.8. The second-order valence-corrected chi connectivity index (χ2v) is 7.74. The second-order valence-electron chi connectivity index (χ2n) is 7.74. The molecule has 1 aromatic carbocycles. The fourth-order valence-corrected chi connectivity index (χ4v) is 4.35. The van der Waals surface area contributed by atoms with Crippen LogP contribution in [0.15, 0.2) is 24.3 Å². The Bertz CT molecular complexity index is 652. The van der Waals surface area contributed by atoms with Gasteiger partial charge in [-0.3, -0.25) is 4.90 Å². The lowest BCUT2D eigenvalue weighted by molar-refractivity contribution is 0.0360. The van der Waals surface area contributed by atoms with Gasteiger partial charge in [0, 0.05) is 57.8 Å². The predicted octanol–water partition coefficient (Wildman–Crippen LogP) is 1.55. The summed E-state index contributed by atoms with van der Waals surface area (Å²) in [4.78, 5) is 18.9. The molecule has 1 unspecified atom stereocenters. The number of hydrogen-bond acceptors (Lipinski definition) is 4. The van der Waals surface area contributed by atoms with E-state index >= 15 is 0 Å². The zero-order valence-electron chi connectivity index (χ0n) is 15.7. The fourth-order valence-electron chi connectivity index (χ4n) is 4.35. The van der Waals surface area contributed by atoms with Gasteiger partial charge in [0.05, 0.1) is 19.8 Å². The first-order valence-electron chi connectivity index (χ1n) is 9.84. The van der Waals surface area contributed by atoms with E-state index in [0.717, 1.165) is 44.7 Å². The molecule has 3 fully saturated rings. The standard InChI is InChI=1S/C20H28FN3O3/c21-18-3-1-2-17(14-18)20(4-11-27-16-20)15-22-5-7-23(8-6-22)19(25)24-9-12-26-13-10-24/h1-3,14H,4-13,15-16H2. The van der Waals surface area contributed by atoms with E-state index in [4.69, 9.17) is 9.47 Å². The van der Waals surface area contributed by atoms with Crippen LogP contribution in [-0.2, 0) is 14.9 Å². The Morgan fingerprint density at radius 3 is 2.41 bits per heavy atom. The van der Waals surface area contributed by atoms with Crippen molar-refractivity contribution in [3.63, 3.8) is 0 Å². The first kappa shape index (κ1) is 18.7. The van der Waals surface area contributed by atoms with Crippen molar-refractivity contribution in [2.24, 2.45) is 0 Å². The van der Waals surface area contributed by atoms with Gasteiger partial charge >= 0.3 is 6.03 Å². The number of carbonyl (C=O) groups excluding carboxylic acids is 1. The molecule has 3 heterocycles. The van der Waals surface area contributed by atoms with Crippen LogP contribution in [-0.4, -0.2) is 93.0 Å². The number of morpholine rings is 1. The van der Waals surface area contributed by atoms with Gasteiger partial charge < -0.3 is 19.3 Å². The van der Waals surface area contributed by atoms with Crippen LogP contribution in [0.1, 0.15) is 12.0 Å². The summed E-state index contributed by atoms with van der Waals surface area (Å²) in [5, 5.41) is 0. The lowest BCUT2D eigenvalue weighted by Crippen LogP contribution is -2.56. The Hall–Kier alpha value is -1.70. The van der Waals surface area contributed by atoms with E-state index in [1.807, 2.05) is 15.9 Å². The van der Waals surface area contributed by atoms with Crippen molar-refractivity contribution in [1.82, 2.24) is 14.7 Å². The number of ether oxygens (including phenoxy) is 2. The number of urea groups is 1. The largest absolute Gasteiger partial charge is 0.380 e. The lowest BCUT2D eigenvalue weighted by atomic mass is 9.79. The van der Waals surface area contributed by atoms with E-state index < -0.39 is 0 Å². The average Bonchev–Trinajstić information content (AvgIpc) is 3.18. The van der Waals surface area contributed by atoms with Crippen molar-refractivity contribution in [3.05, 3.63) is 35.6 Å². The molecule has 0 saturated carbocycles. The number of hydrogen-bond donors (Lipinski definition) is 0. The van der Waals surface area contributed by atoms with E-state index in [0.29, 0.717) is 39.5 Å². The highest BCUT2D eigenvalue weighted by Crippen LogP contribution is 2.34. The summed E-state index contributed by atoms with van der Waals surface area (Å²) in [6.45, 7) is 7.94. The summed E-state index contributed by atoms with van der Waals surface area (Å²) in [5.74, 6) is -0.195. The molecule has 1 aromatic rings. The van der Waals surface area contributed by atoms with Crippen molar-refractivity contribution >= 4 is 6.03 Å². The molecule has 4 rings (SSSR count). The lowest BCUT2D eigenvalue weighted by Gasteiger charge is -2.41. The molecule has 6 nitrogen and oxygen atoms in total. The number of halogens is 1. The van der Waals surface area contributed by atoms with Crippen LogP contribution in [0.3, 0.4) is 0 Å². The van der Waals surface area contributed by atoms with Crippen LogP contribution in [0.2, 0.25) is 0 Å². The van der Waals surface area contributed by atoms with Crippen LogP contribution in [0.4, 0.5) is 9.18 Å². The third-order valence-corrected chi connectivity index (χ3v) is 5.99. The van der Waals surface area contributed by atoms with E-state index in [9.17, 15) is 9.18 Å². The van der Waals surface area contributed by atoms with Crippen molar-refractivity contribution in [1.29, 1.82) is 0 Å². The van der Waals surface area contributed by atoms with Crippen molar-refractivity contribution in [3.8, 4) is 0 Å². The van der Waals surface area contributed by atoms with Gasteiger partial charge in [-0.05, 0) is 24.1 Å². The van der Waals surface area contributed by atoms with Crippen LogP contribution in [0.25, 0.3) is 0 Å². The van der Waals surface area contributed by atoms with Crippen LogP contribution >= 0.6 is 0 Å². The van der Waals surface area contributed by atoms with Gasteiger partial charge in [0.1, 0.15) is 5.82 Å². The Kier molecular flexibility index (Phi) is 5.61. The fraction of sp³-hybridized carbons (Fsp3) is 0.650. The maximum absolute atomic E-state index is 13.8. The molecule has 0 N–H and O–H groups in total. The first-order chi connectivity index (χ1) is 13.2. The molecule has 3 aliphatic rings. The highest BCUT2D eigenvalue weighted by Gasteiger charge is 2.39. The SMILES string of the molecule is O=C(N1CCOCC1)N1CCN(CC2(c3cccc(F)c3)CCOC2)CC1. The maximum Gasteiger partial charge on any atom is 0.320 e. The molecule has 0 spiro atoms. The second kappa shape index (κ2) is 8.12. The van der Waals surface area contributed by atoms with Gasteiger partial charge in [0.15, 0.2) is 0 Å². The molecular weight excluding hydrogens is 349 g/mol. The first-order valence-corrected chi connectivity index (χ1v) is 9.84. The zero-order valence-corrected chi connectivity index (χ0v) is 15.7. The number of amides is 2. The summed E-state index contributed by atoms with van der Waals surface area (Å²) in [6, 6.07) is 7.05. The molecule has 7 heteroatoms. The van der Waals surface area contributed by atoms with Gasteiger partial charge in [0.2, 0.25) is 0 Å². The minimum Gasteiger partial charge on any atom is -0.380 e. The minimum atomic E-state index is -0.195. The molecule has 27 heavy (non-hydrogen) atoms. The van der Waals surface area contributed by atoms with Crippen molar-refractivity contribution in [2.45, 2.75) is 11.8 Å². The molecule has 0 aromatic heterocycles. The molecule has 0 aliphatic carbocycles. The van der Waals surface area contributed by atoms with Gasteiger partial charge in [-0.1, -0.05) is 12.1 Å². The third kappa shape index (κ3) is 4.10. The quantitative estimate of drug-likeness (QED) is 0.802. The van der Waals surface area contributed by atoms with Crippen molar-refractivity contribution < 1.29 is 18.7 Å². The summed E-state index contributed by atoms with van der Waals surface area (Å²) in [5.41, 5.74) is 0.866. The van der Waals surface area contributed by atoms with Crippen LogP contribution in [0.5, 0.6) is 0 Å². The molecule has 148 valence electrons. The molecule has 1 atom stereocenters. The van der Waals surface area contributed by atoms with Gasteiger partial charge in [0.25, 0.3) is 0 Å². The molecule has 0 radical (unpaired) electrons. The maximum atomic E-state index is 13.8. The smallest absolute Gasteiger partial charge is 0.320 e. The monoisotopic (exact) mass is 377 g/mol. The van der Waals surface area contributed by atoms with Gasteiger partial charge in [-0.15, -0.1) is 0 Å². The topological polar surface area (TPSA) is 45.2 Å². The molecule has 3 aliphatic heterocycles. The predicted molar refractivity (Wildman–Crippen MR) is 99.3 cm³/mol. The van der Waals surface area contributed by atoms with E-state index in [2.05, 4.69) is 4.90 Å². The van der Waals surface area contributed by atoms with Crippen molar-refractivity contribution in [2.75, 3.05) is 72.2 Å². The Morgan fingerprint density at radius 1 is 1.00 bits per heavy atom.